The zero-order valence-corrected chi connectivity index (χ0v) is 15.4. The number of fused-ring (bicyclic) bond motifs is 2. The van der Waals surface area contributed by atoms with Crippen LogP contribution in [0, 0.1) is 11.8 Å². The SMILES string of the molecule is CC(C)CN1C(=O)CC[C@H]2CN(C(=O)c3ccc4nc[nH]c4c3)CC[C@H]21. The number of H-pyrrole nitrogens is 1. The lowest BCUT2D eigenvalue weighted by Gasteiger charge is -2.47. The predicted octanol–water partition coefficient (Wildman–Crippen LogP) is 2.67. The molecule has 2 amide bonds. The number of nitrogens with one attached hydrogen (secondary N) is 1. The third-order valence-electron chi connectivity index (χ3n) is 5.66. The van der Waals surface area contributed by atoms with E-state index in [1.54, 1.807) is 6.33 Å². The molecular formula is C20H26N4O2. The normalized spacial score (nSPS) is 23.6. The molecule has 2 aliphatic rings. The summed E-state index contributed by atoms with van der Waals surface area (Å²) in [6, 6.07) is 5.91. The van der Waals surface area contributed by atoms with Crippen LogP contribution >= 0.6 is 0 Å². The summed E-state index contributed by atoms with van der Waals surface area (Å²) in [5.41, 5.74) is 2.46. The van der Waals surface area contributed by atoms with E-state index in [1.165, 1.54) is 0 Å². The molecule has 26 heavy (non-hydrogen) atoms. The van der Waals surface area contributed by atoms with E-state index in [0.717, 1.165) is 37.0 Å². The Morgan fingerprint density at radius 2 is 2.19 bits per heavy atom. The van der Waals surface area contributed by atoms with Gasteiger partial charge < -0.3 is 14.8 Å². The molecule has 2 aliphatic heterocycles. The van der Waals surface area contributed by atoms with Crippen molar-refractivity contribution < 1.29 is 9.59 Å². The van der Waals surface area contributed by atoms with Gasteiger partial charge in [-0.3, -0.25) is 9.59 Å². The Morgan fingerprint density at radius 1 is 1.35 bits per heavy atom. The van der Waals surface area contributed by atoms with Crippen molar-refractivity contribution in [2.45, 2.75) is 39.2 Å². The van der Waals surface area contributed by atoms with Crippen molar-refractivity contribution in [1.29, 1.82) is 0 Å². The van der Waals surface area contributed by atoms with Crippen LogP contribution in [0.15, 0.2) is 24.5 Å². The molecule has 138 valence electrons. The van der Waals surface area contributed by atoms with Crippen LogP contribution in [0.25, 0.3) is 11.0 Å². The smallest absolute Gasteiger partial charge is 0.253 e. The van der Waals surface area contributed by atoms with Crippen LogP contribution in [-0.2, 0) is 4.79 Å². The summed E-state index contributed by atoms with van der Waals surface area (Å²) < 4.78 is 0. The van der Waals surface area contributed by atoms with Crippen molar-refractivity contribution >= 4 is 22.8 Å². The van der Waals surface area contributed by atoms with Gasteiger partial charge in [0.15, 0.2) is 0 Å². The van der Waals surface area contributed by atoms with E-state index in [1.807, 2.05) is 23.1 Å². The minimum absolute atomic E-state index is 0.0762. The zero-order chi connectivity index (χ0) is 18.3. The number of carbonyl (C=O) groups is 2. The molecule has 6 nitrogen and oxygen atoms in total. The number of aromatic amines is 1. The molecular weight excluding hydrogens is 328 g/mol. The molecule has 1 N–H and O–H groups in total. The molecule has 2 atom stereocenters. The highest BCUT2D eigenvalue weighted by Gasteiger charge is 2.40. The second kappa shape index (κ2) is 6.74. The fourth-order valence-corrected chi connectivity index (χ4v) is 4.42. The van der Waals surface area contributed by atoms with Gasteiger partial charge in [0.2, 0.25) is 5.91 Å². The van der Waals surface area contributed by atoms with Crippen molar-refractivity contribution in [1.82, 2.24) is 19.8 Å². The molecule has 2 saturated heterocycles. The number of imidazole rings is 1. The van der Waals surface area contributed by atoms with E-state index in [2.05, 4.69) is 28.7 Å². The standard InChI is InChI=1S/C20H26N4O2/c1-13(2)10-24-18-7-8-23(11-15(18)4-6-19(24)25)20(26)14-3-5-16-17(9-14)22-12-21-16/h3,5,9,12-13,15,18H,4,6-8,10-11H2,1-2H3,(H,21,22)/t15-,18+/m0/s1. The van der Waals surface area contributed by atoms with E-state index in [0.29, 0.717) is 30.4 Å². The third-order valence-corrected chi connectivity index (χ3v) is 5.66. The minimum Gasteiger partial charge on any atom is -0.345 e. The Kier molecular flexibility index (Phi) is 4.42. The molecule has 0 aliphatic carbocycles. The second-order valence-corrected chi connectivity index (χ2v) is 7.98. The number of carbonyl (C=O) groups excluding carboxylic acids is 2. The first-order valence-corrected chi connectivity index (χ1v) is 9.55. The summed E-state index contributed by atoms with van der Waals surface area (Å²) in [6.07, 6.45) is 4.02. The van der Waals surface area contributed by atoms with Crippen molar-refractivity contribution in [2.75, 3.05) is 19.6 Å². The number of piperidine rings is 2. The Balaban J connectivity index is 1.49. The van der Waals surface area contributed by atoms with Crippen LogP contribution in [0.3, 0.4) is 0 Å². The molecule has 0 radical (unpaired) electrons. The summed E-state index contributed by atoms with van der Waals surface area (Å²) in [5.74, 6) is 1.22. The molecule has 4 rings (SSSR count). The van der Waals surface area contributed by atoms with Crippen LogP contribution in [0.2, 0.25) is 0 Å². The van der Waals surface area contributed by atoms with Crippen molar-refractivity contribution in [3.63, 3.8) is 0 Å². The summed E-state index contributed by atoms with van der Waals surface area (Å²) in [6.45, 7) is 6.59. The number of amides is 2. The molecule has 0 saturated carbocycles. The maximum Gasteiger partial charge on any atom is 0.253 e. The zero-order valence-electron chi connectivity index (χ0n) is 15.4. The first-order valence-electron chi connectivity index (χ1n) is 9.55. The van der Waals surface area contributed by atoms with Gasteiger partial charge in [-0.25, -0.2) is 4.98 Å². The third kappa shape index (κ3) is 3.08. The number of nitrogens with zero attached hydrogens (tertiary/aromatic N) is 3. The molecule has 0 spiro atoms. The summed E-state index contributed by atoms with van der Waals surface area (Å²) in [4.78, 5) is 36.6. The van der Waals surface area contributed by atoms with Gasteiger partial charge >= 0.3 is 0 Å². The highest BCUT2D eigenvalue weighted by Crippen LogP contribution is 2.32. The minimum atomic E-state index is 0.0762. The fourth-order valence-electron chi connectivity index (χ4n) is 4.42. The number of benzene rings is 1. The Hall–Kier alpha value is -2.37. The van der Waals surface area contributed by atoms with Crippen LogP contribution in [0.1, 0.15) is 43.5 Å². The summed E-state index contributed by atoms with van der Waals surface area (Å²) in [5, 5.41) is 0. The van der Waals surface area contributed by atoms with Gasteiger partial charge in [-0.2, -0.15) is 0 Å². The van der Waals surface area contributed by atoms with E-state index < -0.39 is 0 Å². The van der Waals surface area contributed by atoms with Gasteiger partial charge in [0.05, 0.1) is 17.4 Å². The summed E-state index contributed by atoms with van der Waals surface area (Å²) >= 11 is 0. The number of hydrogen-bond donors (Lipinski definition) is 1. The molecule has 2 fully saturated rings. The first kappa shape index (κ1) is 17.1. The number of likely N-dealkylation sites (tertiary alicyclic amines) is 2. The maximum atomic E-state index is 13.0. The molecule has 0 unspecified atom stereocenters. The fraction of sp³-hybridized carbons (Fsp3) is 0.550. The van der Waals surface area contributed by atoms with Crippen LogP contribution in [0.5, 0.6) is 0 Å². The van der Waals surface area contributed by atoms with Gasteiger partial charge in [-0.15, -0.1) is 0 Å². The van der Waals surface area contributed by atoms with Crippen molar-refractivity contribution in [2.24, 2.45) is 11.8 Å². The van der Waals surface area contributed by atoms with Crippen LogP contribution in [0.4, 0.5) is 0 Å². The highest BCUT2D eigenvalue weighted by molar-refractivity contribution is 5.97. The lowest BCUT2D eigenvalue weighted by Crippen LogP contribution is -2.57. The highest BCUT2D eigenvalue weighted by atomic mass is 16.2. The van der Waals surface area contributed by atoms with E-state index >= 15 is 0 Å². The van der Waals surface area contributed by atoms with Crippen molar-refractivity contribution in [3.05, 3.63) is 30.1 Å². The average Bonchev–Trinajstić information content (AvgIpc) is 3.10. The lowest BCUT2D eigenvalue weighted by atomic mass is 9.83. The number of aromatic nitrogens is 2. The number of rotatable bonds is 3. The Labute approximate surface area is 153 Å². The van der Waals surface area contributed by atoms with Gasteiger partial charge in [0, 0.05) is 37.7 Å². The predicted molar refractivity (Wildman–Crippen MR) is 99.7 cm³/mol. The number of hydrogen-bond acceptors (Lipinski definition) is 3. The maximum absolute atomic E-state index is 13.0. The second-order valence-electron chi connectivity index (χ2n) is 7.98. The topological polar surface area (TPSA) is 69.3 Å². The summed E-state index contributed by atoms with van der Waals surface area (Å²) in [7, 11) is 0. The average molecular weight is 354 g/mol. The largest absolute Gasteiger partial charge is 0.345 e. The lowest BCUT2D eigenvalue weighted by molar-refractivity contribution is -0.141. The molecule has 0 bridgehead atoms. The van der Waals surface area contributed by atoms with E-state index in [-0.39, 0.29) is 17.9 Å². The van der Waals surface area contributed by atoms with Crippen LogP contribution < -0.4 is 0 Å². The van der Waals surface area contributed by atoms with Gasteiger partial charge in [0.1, 0.15) is 0 Å². The molecule has 2 aromatic rings. The Bertz CT molecular complexity index is 828. The van der Waals surface area contributed by atoms with Gasteiger partial charge in [0.25, 0.3) is 5.91 Å². The van der Waals surface area contributed by atoms with Crippen molar-refractivity contribution in [3.8, 4) is 0 Å². The monoisotopic (exact) mass is 354 g/mol. The molecule has 1 aromatic carbocycles. The van der Waals surface area contributed by atoms with E-state index in [9.17, 15) is 9.59 Å². The molecule has 6 heteroatoms. The van der Waals surface area contributed by atoms with Gasteiger partial charge in [-0.1, -0.05) is 13.8 Å². The van der Waals surface area contributed by atoms with Gasteiger partial charge in [-0.05, 0) is 42.9 Å². The molecule has 1 aromatic heterocycles. The molecule has 3 heterocycles. The first-order chi connectivity index (χ1) is 12.5. The van der Waals surface area contributed by atoms with E-state index in [4.69, 9.17) is 0 Å². The quantitative estimate of drug-likeness (QED) is 0.921. The van der Waals surface area contributed by atoms with Crippen LogP contribution in [-0.4, -0.2) is 57.3 Å². The Morgan fingerprint density at radius 3 is 3.00 bits per heavy atom.